The number of rotatable bonds is 6. The van der Waals surface area contributed by atoms with Gasteiger partial charge in [0, 0.05) is 16.1 Å². The molecular weight excluding hydrogens is 304 g/mol. The number of nitrogens with one attached hydrogen (secondary N) is 1. The summed E-state index contributed by atoms with van der Waals surface area (Å²) in [5, 5.41) is 3.52. The zero-order valence-corrected chi connectivity index (χ0v) is 13.3. The molecule has 0 unspecified atom stereocenters. The molecule has 0 aliphatic heterocycles. The molecule has 0 bridgehead atoms. The van der Waals surface area contributed by atoms with Gasteiger partial charge in [0.25, 0.3) is 0 Å². The molecule has 0 spiro atoms. The lowest BCUT2D eigenvalue weighted by Crippen LogP contribution is -2.32. The standard InChI is InChI=1S/C16H17ClN2OS/c1-2-15(21-14-8-6-12(17)7-9-14)16(20)19-11-13-5-3-4-10-18-13/h3-10,15H,2,11H2,1H3,(H,19,20)/t15-/m0/s1. The van der Waals surface area contributed by atoms with Crippen molar-refractivity contribution in [2.24, 2.45) is 0 Å². The van der Waals surface area contributed by atoms with Crippen LogP contribution in [0.4, 0.5) is 0 Å². The predicted octanol–water partition coefficient (Wildman–Crippen LogP) is 3.92. The van der Waals surface area contributed by atoms with Crippen molar-refractivity contribution in [1.29, 1.82) is 0 Å². The fourth-order valence-electron chi connectivity index (χ4n) is 1.79. The van der Waals surface area contributed by atoms with Crippen molar-refractivity contribution < 1.29 is 4.79 Å². The third-order valence-corrected chi connectivity index (χ3v) is 4.55. The van der Waals surface area contributed by atoms with Crippen LogP contribution in [0, 0.1) is 0 Å². The minimum absolute atomic E-state index is 0.0307. The van der Waals surface area contributed by atoms with E-state index in [0.717, 1.165) is 17.0 Å². The lowest BCUT2D eigenvalue weighted by molar-refractivity contribution is -0.120. The van der Waals surface area contributed by atoms with Crippen LogP contribution in [0.25, 0.3) is 0 Å². The summed E-state index contributed by atoms with van der Waals surface area (Å²) in [6.45, 7) is 2.46. The van der Waals surface area contributed by atoms with Gasteiger partial charge >= 0.3 is 0 Å². The molecule has 2 rings (SSSR count). The van der Waals surface area contributed by atoms with Gasteiger partial charge in [0.2, 0.25) is 5.91 Å². The van der Waals surface area contributed by atoms with Crippen LogP contribution < -0.4 is 5.32 Å². The lowest BCUT2D eigenvalue weighted by atomic mass is 10.3. The van der Waals surface area contributed by atoms with Crippen molar-refractivity contribution in [2.75, 3.05) is 0 Å². The molecule has 110 valence electrons. The first-order valence-corrected chi connectivity index (χ1v) is 8.04. The molecule has 1 amide bonds. The van der Waals surface area contributed by atoms with E-state index in [2.05, 4.69) is 10.3 Å². The molecule has 0 saturated carbocycles. The Hall–Kier alpha value is -1.52. The van der Waals surface area contributed by atoms with Crippen LogP contribution in [-0.4, -0.2) is 16.1 Å². The highest BCUT2D eigenvalue weighted by Gasteiger charge is 2.17. The van der Waals surface area contributed by atoms with Crippen LogP contribution in [0.3, 0.4) is 0 Å². The Bertz CT molecular complexity index is 575. The first kappa shape index (κ1) is 15.9. The summed E-state index contributed by atoms with van der Waals surface area (Å²) in [7, 11) is 0. The molecule has 0 fully saturated rings. The molecule has 0 radical (unpaired) electrons. The van der Waals surface area contributed by atoms with Crippen molar-refractivity contribution in [3.63, 3.8) is 0 Å². The average Bonchev–Trinajstić information content (AvgIpc) is 2.53. The molecule has 1 aromatic carbocycles. The Balaban J connectivity index is 1.90. The highest BCUT2D eigenvalue weighted by atomic mass is 35.5. The number of halogens is 1. The van der Waals surface area contributed by atoms with Crippen molar-refractivity contribution in [3.8, 4) is 0 Å². The molecule has 0 aliphatic rings. The van der Waals surface area contributed by atoms with Gasteiger partial charge in [-0.1, -0.05) is 24.6 Å². The molecule has 1 heterocycles. The van der Waals surface area contributed by atoms with E-state index in [1.165, 1.54) is 0 Å². The fourth-order valence-corrected chi connectivity index (χ4v) is 2.90. The first-order chi connectivity index (χ1) is 10.2. The SMILES string of the molecule is CC[C@H](Sc1ccc(Cl)cc1)C(=O)NCc1ccccn1. The number of aromatic nitrogens is 1. The molecular formula is C16H17ClN2OS. The topological polar surface area (TPSA) is 42.0 Å². The van der Waals surface area contributed by atoms with Gasteiger partial charge in [-0.05, 0) is 42.8 Å². The Morgan fingerprint density at radius 3 is 2.67 bits per heavy atom. The largest absolute Gasteiger partial charge is 0.349 e. The van der Waals surface area contributed by atoms with Crippen LogP contribution in [0.1, 0.15) is 19.0 Å². The van der Waals surface area contributed by atoms with E-state index in [0.29, 0.717) is 11.6 Å². The summed E-state index contributed by atoms with van der Waals surface area (Å²) in [6.07, 6.45) is 2.49. The summed E-state index contributed by atoms with van der Waals surface area (Å²) in [5.41, 5.74) is 0.859. The van der Waals surface area contributed by atoms with Gasteiger partial charge in [-0.3, -0.25) is 9.78 Å². The third kappa shape index (κ3) is 5.06. The maximum absolute atomic E-state index is 12.2. The van der Waals surface area contributed by atoms with Gasteiger partial charge in [-0.15, -0.1) is 11.8 Å². The number of hydrogen-bond donors (Lipinski definition) is 1. The highest BCUT2D eigenvalue weighted by Crippen LogP contribution is 2.26. The maximum atomic E-state index is 12.2. The molecule has 21 heavy (non-hydrogen) atoms. The Kier molecular flexibility index (Phi) is 6.08. The highest BCUT2D eigenvalue weighted by molar-refractivity contribution is 8.00. The number of hydrogen-bond acceptors (Lipinski definition) is 3. The monoisotopic (exact) mass is 320 g/mol. The smallest absolute Gasteiger partial charge is 0.233 e. The lowest BCUT2D eigenvalue weighted by Gasteiger charge is -2.14. The van der Waals surface area contributed by atoms with Gasteiger partial charge < -0.3 is 5.32 Å². The van der Waals surface area contributed by atoms with E-state index in [-0.39, 0.29) is 11.2 Å². The zero-order valence-electron chi connectivity index (χ0n) is 11.8. The van der Waals surface area contributed by atoms with Crippen LogP contribution in [0.15, 0.2) is 53.6 Å². The van der Waals surface area contributed by atoms with Gasteiger partial charge in [0.05, 0.1) is 17.5 Å². The van der Waals surface area contributed by atoms with Gasteiger partial charge in [-0.2, -0.15) is 0 Å². The quantitative estimate of drug-likeness (QED) is 0.820. The third-order valence-electron chi connectivity index (χ3n) is 2.93. The summed E-state index contributed by atoms with van der Waals surface area (Å²) < 4.78 is 0. The number of pyridine rings is 1. The van der Waals surface area contributed by atoms with Gasteiger partial charge in [0.15, 0.2) is 0 Å². The van der Waals surface area contributed by atoms with Crippen LogP contribution in [0.2, 0.25) is 5.02 Å². The zero-order chi connectivity index (χ0) is 15.1. The van der Waals surface area contributed by atoms with Gasteiger partial charge in [0.1, 0.15) is 0 Å². The molecule has 5 heteroatoms. The summed E-state index contributed by atoms with van der Waals surface area (Å²) >= 11 is 7.42. The number of amides is 1. The molecule has 1 atom stereocenters. The van der Waals surface area contributed by atoms with E-state index in [1.807, 2.05) is 49.4 Å². The second-order valence-corrected chi connectivity index (χ2v) is 6.22. The minimum atomic E-state index is -0.116. The number of thioether (sulfide) groups is 1. The van der Waals surface area contributed by atoms with E-state index in [4.69, 9.17) is 11.6 Å². The van der Waals surface area contributed by atoms with Crippen LogP contribution in [0.5, 0.6) is 0 Å². The van der Waals surface area contributed by atoms with Crippen molar-refractivity contribution in [3.05, 3.63) is 59.4 Å². The molecule has 2 aromatic rings. The molecule has 1 N–H and O–H groups in total. The van der Waals surface area contributed by atoms with E-state index < -0.39 is 0 Å². The second-order valence-electron chi connectivity index (χ2n) is 4.51. The first-order valence-electron chi connectivity index (χ1n) is 6.79. The Morgan fingerprint density at radius 2 is 2.05 bits per heavy atom. The summed E-state index contributed by atoms with van der Waals surface area (Å²) in [4.78, 5) is 17.5. The molecule has 0 saturated heterocycles. The van der Waals surface area contributed by atoms with E-state index in [9.17, 15) is 4.79 Å². The van der Waals surface area contributed by atoms with Crippen molar-refractivity contribution in [2.45, 2.75) is 30.0 Å². The normalized spacial score (nSPS) is 11.9. The minimum Gasteiger partial charge on any atom is -0.349 e. The van der Waals surface area contributed by atoms with Crippen molar-refractivity contribution >= 4 is 29.3 Å². The maximum Gasteiger partial charge on any atom is 0.233 e. The van der Waals surface area contributed by atoms with Crippen molar-refractivity contribution in [1.82, 2.24) is 10.3 Å². The summed E-state index contributed by atoms with van der Waals surface area (Å²) in [5.74, 6) is 0.0307. The number of benzene rings is 1. The Morgan fingerprint density at radius 1 is 1.29 bits per heavy atom. The fraction of sp³-hybridized carbons (Fsp3) is 0.250. The molecule has 0 aliphatic carbocycles. The molecule has 3 nitrogen and oxygen atoms in total. The number of carbonyl (C=O) groups is 1. The van der Waals surface area contributed by atoms with Crippen LogP contribution >= 0.6 is 23.4 Å². The number of carbonyl (C=O) groups excluding carboxylic acids is 1. The summed E-state index contributed by atoms with van der Waals surface area (Å²) in [6, 6.07) is 13.2. The second kappa shape index (κ2) is 8.05. The van der Waals surface area contributed by atoms with Crippen LogP contribution in [-0.2, 0) is 11.3 Å². The van der Waals surface area contributed by atoms with E-state index >= 15 is 0 Å². The average molecular weight is 321 g/mol. The van der Waals surface area contributed by atoms with E-state index in [1.54, 1.807) is 18.0 Å². The molecule has 1 aromatic heterocycles. The van der Waals surface area contributed by atoms with Gasteiger partial charge in [-0.25, -0.2) is 0 Å². The predicted molar refractivity (Wildman–Crippen MR) is 87.5 cm³/mol. The Labute approximate surface area is 134 Å². The number of nitrogens with zero attached hydrogens (tertiary/aromatic N) is 1.